The highest BCUT2D eigenvalue weighted by atomic mass is 35.5. The van der Waals surface area contributed by atoms with Gasteiger partial charge in [-0.15, -0.1) is 0 Å². The first-order valence-corrected chi connectivity index (χ1v) is 10.3. The van der Waals surface area contributed by atoms with E-state index in [1.54, 1.807) is 0 Å². The van der Waals surface area contributed by atoms with E-state index in [4.69, 9.17) is 28.9 Å². The summed E-state index contributed by atoms with van der Waals surface area (Å²) in [5.41, 5.74) is 5.57. The van der Waals surface area contributed by atoms with E-state index in [0.717, 1.165) is 12.1 Å². The summed E-state index contributed by atoms with van der Waals surface area (Å²) in [7, 11) is 0. The fourth-order valence-electron chi connectivity index (χ4n) is 4.42. The standard InChI is InChI=1S/C22H24Cl2F2N2O2/c1-21(2,3)10-17-22(27,15-5-4-12(23)9-16(15)26)18(19(28-17)20(29)30)11-6-13(24)8-14(25)7-11/h4-9,17-19,28H,10,27H2,1-3H3,(H,29,30). The van der Waals surface area contributed by atoms with Crippen LogP contribution in [0.5, 0.6) is 0 Å². The van der Waals surface area contributed by atoms with Crippen LogP contribution in [0.1, 0.15) is 44.2 Å². The van der Waals surface area contributed by atoms with Gasteiger partial charge in [-0.2, -0.15) is 0 Å². The number of benzene rings is 2. The van der Waals surface area contributed by atoms with Crippen molar-refractivity contribution in [1.82, 2.24) is 5.32 Å². The zero-order valence-corrected chi connectivity index (χ0v) is 18.4. The summed E-state index contributed by atoms with van der Waals surface area (Å²) >= 11 is 12.0. The van der Waals surface area contributed by atoms with Gasteiger partial charge >= 0.3 is 5.97 Å². The van der Waals surface area contributed by atoms with E-state index in [1.807, 2.05) is 20.8 Å². The molecule has 1 heterocycles. The van der Waals surface area contributed by atoms with Crippen molar-refractivity contribution in [3.63, 3.8) is 0 Å². The molecule has 1 aliphatic rings. The maximum absolute atomic E-state index is 15.1. The molecule has 0 aromatic heterocycles. The number of carboxylic acids is 1. The summed E-state index contributed by atoms with van der Waals surface area (Å²) in [5, 5.41) is 13.3. The molecule has 2 aromatic rings. The molecule has 4 atom stereocenters. The van der Waals surface area contributed by atoms with Crippen LogP contribution in [0.4, 0.5) is 8.78 Å². The molecular weight excluding hydrogens is 433 g/mol. The molecule has 0 saturated carbocycles. The molecule has 162 valence electrons. The van der Waals surface area contributed by atoms with E-state index in [1.165, 1.54) is 24.3 Å². The minimum atomic E-state index is -1.50. The molecular formula is C22H24Cl2F2N2O2. The number of nitrogens with two attached hydrogens (primary N) is 1. The van der Waals surface area contributed by atoms with Crippen LogP contribution in [0.25, 0.3) is 0 Å². The number of halogens is 4. The average Bonchev–Trinajstić information content (AvgIpc) is 2.86. The fraction of sp³-hybridized carbons (Fsp3) is 0.409. The Morgan fingerprint density at radius 2 is 1.83 bits per heavy atom. The SMILES string of the molecule is CC(C)(C)CC1NC(C(=O)O)C(c2cc(F)cc(Cl)c2)C1(N)c1ccc(Cl)cc1F. The topological polar surface area (TPSA) is 75.3 Å². The number of hydrogen-bond acceptors (Lipinski definition) is 3. The Labute approximate surface area is 184 Å². The molecule has 8 heteroatoms. The second-order valence-corrected chi connectivity index (χ2v) is 9.91. The minimum absolute atomic E-state index is 0.104. The predicted molar refractivity (Wildman–Crippen MR) is 114 cm³/mol. The van der Waals surface area contributed by atoms with Crippen LogP contribution in [-0.4, -0.2) is 23.2 Å². The van der Waals surface area contributed by atoms with Crippen molar-refractivity contribution < 1.29 is 18.7 Å². The number of carbonyl (C=O) groups is 1. The lowest BCUT2D eigenvalue weighted by atomic mass is 9.68. The van der Waals surface area contributed by atoms with Gasteiger partial charge in [0.05, 0.1) is 5.54 Å². The third-order valence-corrected chi connectivity index (χ3v) is 5.98. The molecule has 0 bridgehead atoms. The number of aliphatic carboxylic acids is 1. The Kier molecular flexibility index (Phi) is 6.18. The third-order valence-electron chi connectivity index (χ3n) is 5.53. The lowest BCUT2D eigenvalue weighted by molar-refractivity contribution is -0.139. The van der Waals surface area contributed by atoms with E-state index in [2.05, 4.69) is 5.32 Å². The van der Waals surface area contributed by atoms with Gasteiger partial charge in [0.1, 0.15) is 17.7 Å². The van der Waals surface area contributed by atoms with Crippen LogP contribution < -0.4 is 11.1 Å². The molecule has 1 saturated heterocycles. The molecule has 2 aromatic carbocycles. The second-order valence-electron chi connectivity index (χ2n) is 9.04. The van der Waals surface area contributed by atoms with Gasteiger partial charge in [0.2, 0.25) is 0 Å². The smallest absolute Gasteiger partial charge is 0.321 e. The summed E-state index contributed by atoms with van der Waals surface area (Å²) in [6.45, 7) is 5.94. The van der Waals surface area contributed by atoms with Crippen LogP contribution in [0.2, 0.25) is 10.0 Å². The van der Waals surface area contributed by atoms with Gasteiger partial charge in [-0.1, -0.05) is 50.0 Å². The van der Waals surface area contributed by atoms with E-state index in [0.29, 0.717) is 6.42 Å². The van der Waals surface area contributed by atoms with E-state index < -0.39 is 41.1 Å². The van der Waals surface area contributed by atoms with Crippen LogP contribution in [0.3, 0.4) is 0 Å². The Morgan fingerprint density at radius 1 is 1.17 bits per heavy atom. The largest absolute Gasteiger partial charge is 0.480 e. The minimum Gasteiger partial charge on any atom is -0.480 e. The summed E-state index contributed by atoms with van der Waals surface area (Å²) in [6, 6.07) is 6.13. The fourth-order valence-corrected chi connectivity index (χ4v) is 4.81. The molecule has 1 aliphatic heterocycles. The lowest BCUT2D eigenvalue weighted by Gasteiger charge is -2.39. The van der Waals surface area contributed by atoms with Gasteiger partial charge in [0.15, 0.2) is 0 Å². The first-order valence-electron chi connectivity index (χ1n) is 9.52. The van der Waals surface area contributed by atoms with Gasteiger partial charge in [0, 0.05) is 27.6 Å². The highest BCUT2D eigenvalue weighted by Gasteiger charge is 2.58. The molecule has 1 fully saturated rings. The summed E-state index contributed by atoms with van der Waals surface area (Å²) in [5.74, 6) is -3.42. The highest BCUT2D eigenvalue weighted by Crippen LogP contribution is 2.49. The molecule has 3 rings (SSSR count). The molecule has 4 N–H and O–H groups in total. The number of carboxylic acid groups (broad SMARTS) is 1. The molecule has 30 heavy (non-hydrogen) atoms. The van der Waals surface area contributed by atoms with Crippen molar-refractivity contribution in [3.05, 3.63) is 69.2 Å². The van der Waals surface area contributed by atoms with Crippen molar-refractivity contribution in [3.8, 4) is 0 Å². The van der Waals surface area contributed by atoms with E-state index in [-0.39, 0.29) is 26.6 Å². The molecule has 4 unspecified atom stereocenters. The summed E-state index contributed by atoms with van der Waals surface area (Å²) in [4.78, 5) is 12.2. The Morgan fingerprint density at radius 3 is 2.37 bits per heavy atom. The van der Waals surface area contributed by atoms with Crippen LogP contribution in [0.15, 0.2) is 36.4 Å². The Bertz CT molecular complexity index is 960. The van der Waals surface area contributed by atoms with Crippen LogP contribution in [-0.2, 0) is 10.3 Å². The van der Waals surface area contributed by atoms with E-state index >= 15 is 4.39 Å². The second kappa shape index (κ2) is 8.08. The third kappa shape index (κ3) is 4.33. The molecule has 4 nitrogen and oxygen atoms in total. The maximum Gasteiger partial charge on any atom is 0.321 e. The summed E-state index contributed by atoms with van der Waals surface area (Å²) in [6.07, 6.45) is 0.453. The maximum atomic E-state index is 15.1. The molecule has 0 spiro atoms. The van der Waals surface area contributed by atoms with Crippen molar-refractivity contribution in [2.75, 3.05) is 0 Å². The van der Waals surface area contributed by atoms with Crippen LogP contribution in [0, 0.1) is 17.0 Å². The quantitative estimate of drug-likeness (QED) is 0.599. The van der Waals surface area contributed by atoms with Gasteiger partial charge in [-0.3, -0.25) is 10.1 Å². The number of hydrogen-bond donors (Lipinski definition) is 3. The van der Waals surface area contributed by atoms with Gasteiger partial charge in [-0.25, -0.2) is 8.78 Å². The van der Waals surface area contributed by atoms with Crippen molar-refractivity contribution in [2.24, 2.45) is 11.1 Å². The zero-order valence-electron chi connectivity index (χ0n) is 16.8. The Balaban J connectivity index is 2.28. The van der Waals surface area contributed by atoms with Crippen molar-refractivity contribution in [1.29, 1.82) is 0 Å². The number of rotatable bonds is 4. The average molecular weight is 457 g/mol. The first kappa shape index (κ1) is 22.9. The van der Waals surface area contributed by atoms with Gasteiger partial charge < -0.3 is 10.8 Å². The van der Waals surface area contributed by atoms with Gasteiger partial charge in [0.25, 0.3) is 0 Å². The predicted octanol–water partition coefficient (Wildman–Crippen LogP) is 5.07. The molecule has 0 aliphatic carbocycles. The monoisotopic (exact) mass is 456 g/mol. The van der Waals surface area contributed by atoms with Gasteiger partial charge in [-0.05, 0) is 47.7 Å². The lowest BCUT2D eigenvalue weighted by Crippen LogP contribution is -2.52. The summed E-state index contributed by atoms with van der Waals surface area (Å²) < 4.78 is 29.3. The van der Waals surface area contributed by atoms with Crippen molar-refractivity contribution >= 4 is 29.2 Å². The zero-order chi connectivity index (χ0) is 22.4. The number of nitrogens with one attached hydrogen (secondary N) is 1. The normalized spacial score (nSPS) is 26.7. The van der Waals surface area contributed by atoms with Crippen LogP contribution >= 0.6 is 23.2 Å². The van der Waals surface area contributed by atoms with E-state index in [9.17, 15) is 14.3 Å². The van der Waals surface area contributed by atoms with Crippen molar-refractivity contribution in [2.45, 2.75) is 50.7 Å². The highest BCUT2D eigenvalue weighted by molar-refractivity contribution is 6.30. The molecule has 0 radical (unpaired) electrons. The molecule has 0 amide bonds. The first-order chi connectivity index (χ1) is 13.8. The Hall–Kier alpha value is -1.73.